The third kappa shape index (κ3) is 3.09. The summed E-state index contributed by atoms with van der Waals surface area (Å²) in [5.41, 5.74) is 3.48. The van der Waals surface area contributed by atoms with Gasteiger partial charge in [-0.3, -0.25) is 4.79 Å². The Kier molecular flexibility index (Phi) is 4.73. The van der Waals surface area contributed by atoms with Crippen molar-refractivity contribution in [1.29, 1.82) is 10.5 Å². The Balaban J connectivity index is 1.67. The summed E-state index contributed by atoms with van der Waals surface area (Å²) in [5, 5.41) is 23.4. The van der Waals surface area contributed by atoms with Crippen molar-refractivity contribution in [2.24, 2.45) is 7.05 Å². The van der Waals surface area contributed by atoms with E-state index in [1.165, 1.54) is 16.2 Å². The number of fused-ring (bicyclic) bond motifs is 2. The predicted molar refractivity (Wildman–Crippen MR) is 111 cm³/mol. The molecule has 0 fully saturated rings. The van der Waals surface area contributed by atoms with E-state index in [0.717, 1.165) is 47.7 Å². The first-order chi connectivity index (χ1) is 13.6. The second-order valence-electron chi connectivity index (χ2n) is 6.86. The topological polar surface area (TPSA) is 81.6 Å². The summed E-state index contributed by atoms with van der Waals surface area (Å²) in [4.78, 5) is 13.9. The van der Waals surface area contributed by atoms with Crippen molar-refractivity contribution in [3.05, 3.63) is 57.6 Å². The van der Waals surface area contributed by atoms with Gasteiger partial charge in [-0.1, -0.05) is 18.2 Å². The Morgan fingerprint density at radius 3 is 2.82 bits per heavy atom. The summed E-state index contributed by atoms with van der Waals surface area (Å²) in [5.74, 6) is -0.481. The zero-order valence-corrected chi connectivity index (χ0v) is 16.3. The monoisotopic (exact) mass is 386 g/mol. The molecule has 28 heavy (non-hydrogen) atoms. The summed E-state index contributed by atoms with van der Waals surface area (Å²) in [6, 6.07) is 12.1. The van der Waals surface area contributed by atoms with Gasteiger partial charge in [0.15, 0.2) is 0 Å². The first kappa shape index (κ1) is 18.0. The zero-order valence-electron chi connectivity index (χ0n) is 15.5. The van der Waals surface area contributed by atoms with Gasteiger partial charge in [-0.05, 0) is 43.4 Å². The van der Waals surface area contributed by atoms with Gasteiger partial charge in [0.1, 0.15) is 22.7 Å². The fourth-order valence-electron chi connectivity index (χ4n) is 3.73. The number of aromatic nitrogens is 1. The minimum Gasteiger partial charge on any atom is -0.350 e. The van der Waals surface area contributed by atoms with Gasteiger partial charge in [0.2, 0.25) is 0 Å². The highest BCUT2D eigenvalue weighted by atomic mass is 32.1. The van der Waals surface area contributed by atoms with Crippen LogP contribution in [0.15, 0.2) is 36.0 Å². The summed E-state index contributed by atoms with van der Waals surface area (Å²) in [7, 11) is 1.93. The van der Waals surface area contributed by atoms with Crippen LogP contribution in [0.25, 0.3) is 17.0 Å². The van der Waals surface area contributed by atoms with Gasteiger partial charge in [0.25, 0.3) is 5.91 Å². The van der Waals surface area contributed by atoms with Crippen LogP contribution < -0.4 is 5.32 Å². The lowest BCUT2D eigenvalue weighted by Crippen LogP contribution is -2.13. The van der Waals surface area contributed by atoms with Gasteiger partial charge in [-0.2, -0.15) is 10.5 Å². The van der Waals surface area contributed by atoms with Crippen LogP contribution in [0.5, 0.6) is 0 Å². The molecule has 0 aliphatic heterocycles. The van der Waals surface area contributed by atoms with Gasteiger partial charge in [0.05, 0.1) is 5.56 Å². The number of anilines is 1. The second kappa shape index (κ2) is 7.34. The number of nitriles is 2. The maximum atomic E-state index is 12.8. The first-order valence-corrected chi connectivity index (χ1v) is 9.96. The molecule has 0 atom stereocenters. The highest BCUT2D eigenvalue weighted by molar-refractivity contribution is 7.16. The van der Waals surface area contributed by atoms with Crippen molar-refractivity contribution in [1.82, 2.24) is 4.57 Å². The van der Waals surface area contributed by atoms with E-state index < -0.39 is 5.91 Å². The highest BCUT2D eigenvalue weighted by Crippen LogP contribution is 2.37. The predicted octanol–water partition coefficient (Wildman–Crippen LogP) is 4.54. The lowest BCUT2D eigenvalue weighted by Gasteiger charge is -2.09. The molecule has 0 unspecified atom stereocenters. The number of rotatable bonds is 3. The largest absolute Gasteiger partial charge is 0.350 e. The van der Waals surface area contributed by atoms with E-state index in [-0.39, 0.29) is 5.57 Å². The molecule has 0 spiro atoms. The third-order valence-electron chi connectivity index (χ3n) is 5.10. The van der Waals surface area contributed by atoms with Crippen LogP contribution in [-0.2, 0) is 24.7 Å². The number of benzene rings is 1. The summed E-state index contributed by atoms with van der Waals surface area (Å²) >= 11 is 1.46. The van der Waals surface area contributed by atoms with Gasteiger partial charge in [-0.25, -0.2) is 0 Å². The number of carbonyl (C=O) groups is 1. The first-order valence-electron chi connectivity index (χ1n) is 9.14. The molecular weight excluding hydrogens is 368 g/mol. The summed E-state index contributed by atoms with van der Waals surface area (Å²) < 4.78 is 1.97. The molecule has 0 saturated heterocycles. The third-order valence-corrected chi connectivity index (χ3v) is 6.31. The molecule has 4 rings (SSSR count). The molecule has 138 valence electrons. The van der Waals surface area contributed by atoms with Crippen LogP contribution >= 0.6 is 11.3 Å². The number of hydrogen-bond acceptors (Lipinski definition) is 4. The highest BCUT2D eigenvalue weighted by Gasteiger charge is 2.22. The molecular formula is C22H18N4OS. The van der Waals surface area contributed by atoms with Gasteiger partial charge >= 0.3 is 0 Å². The molecule has 0 saturated carbocycles. The molecule has 1 N–H and O–H groups in total. The van der Waals surface area contributed by atoms with E-state index in [9.17, 15) is 15.3 Å². The van der Waals surface area contributed by atoms with Gasteiger partial charge < -0.3 is 9.88 Å². The van der Waals surface area contributed by atoms with E-state index in [1.807, 2.05) is 48.1 Å². The minimum absolute atomic E-state index is 0.0200. The molecule has 1 aliphatic rings. The van der Waals surface area contributed by atoms with Gasteiger partial charge in [-0.15, -0.1) is 11.3 Å². The second-order valence-corrected chi connectivity index (χ2v) is 7.97. The van der Waals surface area contributed by atoms with Crippen LogP contribution in [-0.4, -0.2) is 10.5 Å². The van der Waals surface area contributed by atoms with Crippen molar-refractivity contribution in [2.75, 3.05) is 5.32 Å². The lowest BCUT2D eigenvalue weighted by molar-refractivity contribution is -0.112. The van der Waals surface area contributed by atoms with Crippen LogP contribution in [0, 0.1) is 22.7 Å². The molecule has 5 nitrogen and oxygen atoms in total. The Bertz CT molecular complexity index is 1200. The van der Waals surface area contributed by atoms with Crippen molar-refractivity contribution in [3.63, 3.8) is 0 Å². The quantitative estimate of drug-likeness (QED) is 0.530. The van der Waals surface area contributed by atoms with Crippen molar-refractivity contribution in [3.8, 4) is 12.1 Å². The Morgan fingerprint density at radius 2 is 2.04 bits per heavy atom. The van der Waals surface area contributed by atoms with Crippen molar-refractivity contribution < 1.29 is 4.79 Å². The number of nitrogens with zero attached hydrogens (tertiary/aromatic N) is 3. The van der Waals surface area contributed by atoms with Crippen molar-refractivity contribution in [2.45, 2.75) is 25.7 Å². The number of para-hydroxylation sites is 1. The molecule has 1 amide bonds. The SMILES string of the molecule is Cn1cc(C=C(C#N)C(=O)Nc2sc3c(c2C#N)CCCC3)c2ccccc21. The minimum atomic E-state index is -0.481. The maximum absolute atomic E-state index is 12.8. The standard InChI is InChI=1S/C22H18N4OS/c1-26-13-15(16-6-2-4-8-19(16)26)10-14(11-23)21(27)25-22-18(12-24)17-7-3-5-9-20(17)28-22/h2,4,6,8,10,13H,3,5,7,9H2,1H3,(H,25,27). The normalized spacial score (nSPS) is 13.6. The van der Waals surface area contributed by atoms with Crippen LogP contribution in [0.2, 0.25) is 0 Å². The van der Waals surface area contributed by atoms with Crippen LogP contribution in [0.4, 0.5) is 5.00 Å². The fourth-order valence-corrected chi connectivity index (χ4v) is 4.97. The Hall–Kier alpha value is -3.35. The molecule has 1 aromatic carbocycles. The van der Waals surface area contributed by atoms with Crippen LogP contribution in [0.1, 0.15) is 34.4 Å². The average Bonchev–Trinajstić information content (AvgIpc) is 3.23. The molecule has 3 aromatic rings. The molecule has 2 heterocycles. The Labute approximate surface area is 167 Å². The van der Waals surface area contributed by atoms with E-state index in [1.54, 1.807) is 6.08 Å². The van der Waals surface area contributed by atoms with Crippen LogP contribution in [0.3, 0.4) is 0 Å². The number of thiophene rings is 1. The van der Waals surface area contributed by atoms with E-state index in [4.69, 9.17) is 0 Å². The number of aryl methyl sites for hydroxylation is 2. The molecule has 1 aliphatic carbocycles. The smallest absolute Gasteiger partial charge is 0.266 e. The van der Waals surface area contributed by atoms with E-state index >= 15 is 0 Å². The fraction of sp³-hybridized carbons (Fsp3) is 0.227. The molecule has 6 heteroatoms. The number of amides is 1. The number of carbonyl (C=O) groups excluding carboxylic acids is 1. The van der Waals surface area contributed by atoms with Crippen molar-refractivity contribution >= 4 is 39.2 Å². The maximum Gasteiger partial charge on any atom is 0.266 e. The molecule has 0 radical (unpaired) electrons. The molecule has 0 bridgehead atoms. The van der Waals surface area contributed by atoms with E-state index in [0.29, 0.717) is 10.6 Å². The average molecular weight is 386 g/mol. The Morgan fingerprint density at radius 1 is 1.25 bits per heavy atom. The summed E-state index contributed by atoms with van der Waals surface area (Å²) in [6.45, 7) is 0. The van der Waals surface area contributed by atoms with Gasteiger partial charge in [0, 0.05) is 34.6 Å². The zero-order chi connectivity index (χ0) is 19.7. The lowest BCUT2D eigenvalue weighted by atomic mass is 9.96. The van der Waals surface area contributed by atoms with E-state index in [2.05, 4.69) is 11.4 Å². The number of nitrogens with one attached hydrogen (secondary N) is 1. The summed E-state index contributed by atoms with van der Waals surface area (Å²) in [6.07, 6.45) is 7.51. The number of hydrogen-bond donors (Lipinski definition) is 1. The molecule has 2 aromatic heterocycles.